The second-order valence-corrected chi connectivity index (χ2v) is 4.98. The number of fused-ring (bicyclic) bond motifs is 1. The molecule has 0 bridgehead atoms. The average Bonchev–Trinajstić information content (AvgIpc) is 2.89. The fourth-order valence-electron chi connectivity index (χ4n) is 2.47. The van der Waals surface area contributed by atoms with Gasteiger partial charge in [-0.15, -0.1) is 0 Å². The molecule has 2 aromatic carbocycles. The van der Waals surface area contributed by atoms with Crippen LogP contribution in [0.15, 0.2) is 42.6 Å². The van der Waals surface area contributed by atoms with E-state index >= 15 is 0 Å². The molecule has 4 heteroatoms. The van der Waals surface area contributed by atoms with Crippen molar-refractivity contribution in [2.45, 2.75) is 6.92 Å². The first-order valence-corrected chi connectivity index (χ1v) is 6.52. The normalized spacial score (nSPS) is 10.5. The second kappa shape index (κ2) is 4.80. The molecule has 3 N–H and O–H groups in total. The second-order valence-electron chi connectivity index (χ2n) is 4.98. The third-order valence-electron chi connectivity index (χ3n) is 3.55. The zero-order valence-electron chi connectivity index (χ0n) is 11.5. The molecule has 102 valence electrons. The van der Waals surface area contributed by atoms with Gasteiger partial charge in [-0.3, -0.25) is 4.79 Å². The van der Waals surface area contributed by atoms with E-state index in [-0.39, 0.29) is 5.78 Å². The van der Waals surface area contributed by atoms with Gasteiger partial charge in [0, 0.05) is 33.9 Å². The molecule has 0 amide bonds. The van der Waals surface area contributed by atoms with E-state index < -0.39 is 0 Å². The molecular weight excluding hydrogens is 262 g/mol. The quantitative estimate of drug-likeness (QED) is 0.556. The summed E-state index contributed by atoms with van der Waals surface area (Å²) < 4.78 is 0. The van der Waals surface area contributed by atoms with Crippen LogP contribution >= 0.6 is 0 Å². The van der Waals surface area contributed by atoms with Crippen molar-refractivity contribution in [1.29, 1.82) is 5.26 Å². The number of ketones is 1. The van der Waals surface area contributed by atoms with Crippen molar-refractivity contribution in [3.8, 4) is 6.07 Å². The minimum absolute atomic E-state index is 0.0524. The minimum Gasteiger partial charge on any atom is -0.399 e. The van der Waals surface area contributed by atoms with E-state index in [9.17, 15) is 4.79 Å². The largest absolute Gasteiger partial charge is 0.399 e. The number of anilines is 1. The third kappa shape index (κ3) is 2.15. The van der Waals surface area contributed by atoms with Gasteiger partial charge in [-0.25, -0.2) is 0 Å². The van der Waals surface area contributed by atoms with Crippen molar-refractivity contribution in [3.63, 3.8) is 0 Å². The Morgan fingerprint density at radius 3 is 2.71 bits per heavy atom. The molecule has 0 spiro atoms. The summed E-state index contributed by atoms with van der Waals surface area (Å²) in [6.45, 7) is 1.87. The molecule has 4 nitrogen and oxygen atoms in total. The first kappa shape index (κ1) is 12.9. The Labute approximate surface area is 121 Å². The summed E-state index contributed by atoms with van der Waals surface area (Å²) >= 11 is 0. The van der Waals surface area contributed by atoms with Gasteiger partial charge in [-0.1, -0.05) is 6.07 Å². The van der Waals surface area contributed by atoms with E-state index in [1.165, 1.54) is 0 Å². The lowest BCUT2D eigenvalue weighted by molar-refractivity contribution is 0.104. The zero-order valence-corrected chi connectivity index (χ0v) is 11.5. The number of nitriles is 1. The highest BCUT2D eigenvalue weighted by molar-refractivity contribution is 6.17. The van der Waals surface area contributed by atoms with E-state index in [2.05, 4.69) is 11.1 Å². The smallest absolute Gasteiger partial charge is 0.195 e. The molecule has 1 heterocycles. The van der Waals surface area contributed by atoms with Crippen molar-refractivity contribution in [2.75, 3.05) is 5.73 Å². The highest BCUT2D eigenvalue weighted by Gasteiger charge is 2.16. The number of rotatable bonds is 2. The van der Waals surface area contributed by atoms with Crippen molar-refractivity contribution >= 4 is 22.4 Å². The molecule has 0 radical (unpaired) electrons. The lowest BCUT2D eigenvalue weighted by Gasteiger charge is -2.05. The fourth-order valence-corrected chi connectivity index (χ4v) is 2.47. The minimum atomic E-state index is -0.0524. The van der Waals surface area contributed by atoms with E-state index in [0.29, 0.717) is 22.4 Å². The van der Waals surface area contributed by atoms with Gasteiger partial charge >= 0.3 is 0 Å². The predicted molar refractivity (Wildman–Crippen MR) is 82.0 cm³/mol. The Hall–Kier alpha value is -3.06. The SMILES string of the molecule is Cc1cc(N)ccc1C(=O)c1c[nH]c2cc(C#N)ccc12. The topological polar surface area (TPSA) is 82.7 Å². The molecule has 0 aliphatic rings. The Morgan fingerprint density at radius 1 is 1.19 bits per heavy atom. The van der Waals surface area contributed by atoms with Crippen LogP contribution in [0.3, 0.4) is 0 Å². The summed E-state index contributed by atoms with van der Waals surface area (Å²) in [6.07, 6.45) is 1.68. The number of H-pyrrole nitrogens is 1. The summed E-state index contributed by atoms with van der Waals surface area (Å²) in [5, 5.41) is 9.73. The summed E-state index contributed by atoms with van der Waals surface area (Å²) in [5.41, 5.74) is 9.79. The molecule has 0 unspecified atom stereocenters. The molecule has 0 fully saturated rings. The van der Waals surface area contributed by atoms with E-state index in [1.54, 1.807) is 42.6 Å². The number of aromatic nitrogens is 1. The number of carbonyl (C=O) groups is 1. The summed E-state index contributed by atoms with van der Waals surface area (Å²) in [5.74, 6) is -0.0524. The molecule has 0 saturated heterocycles. The van der Waals surface area contributed by atoms with Crippen molar-refractivity contribution in [1.82, 2.24) is 4.98 Å². The molecule has 0 aliphatic heterocycles. The monoisotopic (exact) mass is 275 g/mol. The van der Waals surface area contributed by atoms with Crippen molar-refractivity contribution in [3.05, 3.63) is 64.8 Å². The Bertz CT molecular complexity index is 900. The number of nitrogen functional groups attached to an aromatic ring is 1. The molecule has 0 atom stereocenters. The van der Waals surface area contributed by atoms with E-state index in [1.807, 2.05) is 6.92 Å². The number of aryl methyl sites for hydroxylation is 1. The number of aromatic amines is 1. The van der Waals surface area contributed by atoms with E-state index in [4.69, 9.17) is 11.0 Å². The van der Waals surface area contributed by atoms with Crippen LogP contribution in [0.1, 0.15) is 27.0 Å². The van der Waals surface area contributed by atoms with Crippen LogP contribution in [-0.4, -0.2) is 10.8 Å². The highest BCUT2D eigenvalue weighted by Crippen LogP contribution is 2.24. The maximum atomic E-state index is 12.7. The lowest BCUT2D eigenvalue weighted by Crippen LogP contribution is -2.03. The van der Waals surface area contributed by atoms with Gasteiger partial charge in [0.2, 0.25) is 0 Å². The van der Waals surface area contributed by atoms with Gasteiger partial charge in [-0.05, 0) is 42.8 Å². The van der Waals surface area contributed by atoms with Crippen LogP contribution in [0.5, 0.6) is 0 Å². The third-order valence-corrected chi connectivity index (χ3v) is 3.55. The Kier molecular flexibility index (Phi) is 2.96. The Balaban J connectivity index is 2.12. The summed E-state index contributed by atoms with van der Waals surface area (Å²) in [4.78, 5) is 15.7. The van der Waals surface area contributed by atoms with Crippen molar-refractivity contribution < 1.29 is 4.79 Å². The molecule has 0 saturated carbocycles. The van der Waals surface area contributed by atoms with E-state index in [0.717, 1.165) is 16.5 Å². The first-order valence-electron chi connectivity index (χ1n) is 6.52. The van der Waals surface area contributed by atoms with Gasteiger partial charge in [0.05, 0.1) is 11.6 Å². The number of hydrogen-bond donors (Lipinski definition) is 2. The molecular formula is C17H13N3O. The molecule has 0 aliphatic carbocycles. The number of nitrogens with two attached hydrogens (primary N) is 1. The predicted octanol–water partition coefficient (Wildman–Crippen LogP) is 3.16. The maximum absolute atomic E-state index is 12.7. The summed E-state index contributed by atoms with van der Waals surface area (Å²) in [6, 6.07) is 12.6. The van der Waals surface area contributed by atoms with Crippen LogP contribution in [0.25, 0.3) is 10.9 Å². The van der Waals surface area contributed by atoms with Gasteiger partial charge in [0.25, 0.3) is 0 Å². The van der Waals surface area contributed by atoms with Crippen LogP contribution < -0.4 is 5.73 Å². The molecule has 21 heavy (non-hydrogen) atoms. The van der Waals surface area contributed by atoms with Crippen LogP contribution in [-0.2, 0) is 0 Å². The number of hydrogen-bond acceptors (Lipinski definition) is 3. The van der Waals surface area contributed by atoms with Crippen LogP contribution in [0, 0.1) is 18.3 Å². The van der Waals surface area contributed by atoms with Crippen LogP contribution in [0.2, 0.25) is 0 Å². The standard InChI is InChI=1S/C17H13N3O/c1-10-6-12(19)3-5-13(10)17(21)15-9-20-16-7-11(8-18)2-4-14(15)16/h2-7,9,20H,19H2,1H3. The number of benzene rings is 2. The highest BCUT2D eigenvalue weighted by atomic mass is 16.1. The number of nitrogens with zero attached hydrogens (tertiary/aromatic N) is 1. The van der Waals surface area contributed by atoms with Crippen molar-refractivity contribution in [2.24, 2.45) is 0 Å². The zero-order chi connectivity index (χ0) is 15.0. The average molecular weight is 275 g/mol. The maximum Gasteiger partial charge on any atom is 0.195 e. The van der Waals surface area contributed by atoms with Gasteiger partial charge in [0.15, 0.2) is 5.78 Å². The lowest BCUT2D eigenvalue weighted by atomic mass is 9.98. The summed E-state index contributed by atoms with van der Waals surface area (Å²) in [7, 11) is 0. The van der Waals surface area contributed by atoms with Gasteiger partial charge in [-0.2, -0.15) is 5.26 Å². The molecule has 3 aromatic rings. The van der Waals surface area contributed by atoms with Gasteiger partial charge in [0.1, 0.15) is 0 Å². The first-order chi connectivity index (χ1) is 10.1. The van der Waals surface area contributed by atoms with Crippen LogP contribution in [0.4, 0.5) is 5.69 Å². The molecule has 1 aromatic heterocycles. The number of nitrogens with one attached hydrogen (secondary N) is 1. The number of carbonyl (C=O) groups excluding carboxylic acids is 1. The molecule has 3 rings (SSSR count). The van der Waals surface area contributed by atoms with Gasteiger partial charge < -0.3 is 10.7 Å². The fraction of sp³-hybridized carbons (Fsp3) is 0.0588. The Morgan fingerprint density at radius 2 is 2.00 bits per heavy atom.